The van der Waals surface area contributed by atoms with Gasteiger partial charge < -0.3 is 10.2 Å². The second-order valence-corrected chi connectivity index (χ2v) is 6.49. The number of carbonyl (C=O) groups is 1. The van der Waals surface area contributed by atoms with E-state index in [1.807, 2.05) is 0 Å². The number of hydrogen-bond donors (Lipinski definition) is 1. The minimum Gasteiger partial charge on any atom is -0.352 e. The molecule has 1 aromatic carbocycles. The molecule has 1 aromatic rings. The molecule has 1 amide bonds. The van der Waals surface area contributed by atoms with Crippen LogP contribution in [0.4, 0.5) is 4.39 Å². The molecule has 2 aliphatic rings. The van der Waals surface area contributed by atoms with E-state index in [2.05, 4.69) is 26.1 Å². The molecule has 0 aromatic heterocycles. The minimum atomic E-state index is -0.404. The minimum absolute atomic E-state index is 0.207. The quantitative estimate of drug-likeness (QED) is 0.913. The molecule has 20 heavy (non-hydrogen) atoms. The molecular formula is C15H18BrFN2O. The number of halogens is 2. The van der Waals surface area contributed by atoms with Crippen LogP contribution in [-0.4, -0.2) is 36.5 Å². The maximum atomic E-state index is 13.4. The van der Waals surface area contributed by atoms with E-state index in [9.17, 15) is 9.18 Å². The lowest BCUT2D eigenvalue weighted by atomic mass is 10.1. The van der Waals surface area contributed by atoms with Gasteiger partial charge in [0.15, 0.2) is 0 Å². The molecule has 5 heteroatoms. The first kappa shape index (κ1) is 14.0. The summed E-state index contributed by atoms with van der Waals surface area (Å²) >= 11 is 3.13. The van der Waals surface area contributed by atoms with Crippen LogP contribution in [0.1, 0.15) is 29.6 Å². The van der Waals surface area contributed by atoms with Gasteiger partial charge in [-0.3, -0.25) is 4.79 Å². The van der Waals surface area contributed by atoms with Gasteiger partial charge in [-0.25, -0.2) is 4.39 Å². The SMILES string of the molecule is O=C(NCC1CCN(C2CC2)C1)c1cccc(F)c1Br. The van der Waals surface area contributed by atoms with Crippen LogP contribution in [0, 0.1) is 11.7 Å². The van der Waals surface area contributed by atoms with Crippen molar-refractivity contribution in [2.45, 2.75) is 25.3 Å². The van der Waals surface area contributed by atoms with Crippen molar-refractivity contribution in [1.29, 1.82) is 0 Å². The van der Waals surface area contributed by atoms with Crippen LogP contribution in [0.2, 0.25) is 0 Å². The van der Waals surface area contributed by atoms with Gasteiger partial charge in [-0.15, -0.1) is 0 Å². The van der Waals surface area contributed by atoms with E-state index in [4.69, 9.17) is 0 Å². The van der Waals surface area contributed by atoms with Crippen molar-refractivity contribution < 1.29 is 9.18 Å². The van der Waals surface area contributed by atoms with Crippen LogP contribution in [0.25, 0.3) is 0 Å². The summed E-state index contributed by atoms with van der Waals surface area (Å²) in [6, 6.07) is 5.33. The lowest BCUT2D eigenvalue weighted by molar-refractivity contribution is 0.0946. The van der Waals surface area contributed by atoms with Gasteiger partial charge >= 0.3 is 0 Å². The highest BCUT2D eigenvalue weighted by molar-refractivity contribution is 9.10. The molecule has 0 spiro atoms. The molecule has 0 bridgehead atoms. The molecule has 1 heterocycles. The van der Waals surface area contributed by atoms with E-state index in [1.54, 1.807) is 12.1 Å². The Balaban J connectivity index is 1.53. The Labute approximate surface area is 126 Å². The van der Waals surface area contributed by atoms with Crippen molar-refractivity contribution in [2.75, 3.05) is 19.6 Å². The van der Waals surface area contributed by atoms with Crippen molar-refractivity contribution in [1.82, 2.24) is 10.2 Å². The van der Waals surface area contributed by atoms with E-state index in [0.717, 1.165) is 25.6 Å². The lowest BCUT2D eigenvalue weighted by Crippen LogP contribution is -2.31. The van der Waals surface area contributed by atoms with Gasteiger partial charge in [0.05, 0.1) is 10.0 Å². The number of likely N-dealkylation sites (tertiary alicyclic amines) is 1. The van der Waals surface area contributed by atoms with Crippen LogP contribution in [0.3, 0.4) is 0 Å². The molecule has 1 N–H and O–H groups in total. The number of carbonyl (C=O) groups excluding carboxylic acids is 1. The average molecular weight is 341 g/mol. The number of benzene rings is 1. The van der Waals surface area contributed by atoms with Gasteiger partial charge in [0.25, 0.3) is 5.91 Å². The Kier molecular flexibility index (Phi) is 4.08. The van der Waals surface area contributed by atoms with E-state index in [-0.39, 0.29) is 10.4 Å². The number of amides is 1. The third-order valence-corrected chi connectivity index (χ3v) is 4.93. The van der Waals surface area contributed by atoms with Crippen molar-refractivity contribution in [3.63, 3.8) is 0 Å². The van der Waals surface area contributed by atoms with Crippen molar-refractivity contribution in [3.05, 3.63) is 34.1 Å². The van der Waals surface area contributed by atoms with Crippen molar-refractivity contribution in [2.24, 2.45) is 5.92 Å². The molecule has 1 aliphatic heterocycles. The number of nitrogens with one attached hydrogen (secondary N) is 1. The Morgan fingerprint density at radius 2 is 2.20 bits per heavy atom. The summed E-state index contributed by atoms with van der Waals surface area (Å²) < 4.78 is 13.6. The van der Waals surface area contributed by atoms with Crippen molar-refractivity contribution >= 4 is 21.8 Å². The summed E-state index contributed by atoms with van der Waals surface area (Å²) in [5, 5.41) is 2.93. The maximum Gasteiger partial charge on any atom is 0.252 e. The predicted octanol–water partition coefficient (Wildman–Crippen LogP) is 2.80. The standard InChI is InChI=1S/C15H18BrFN2O/c16-14-12(2-1-3-13(14)17)15(20)18-8-10-6-7-19(9-10)11-4-5-11/h1-3,10-11H,4-9H2,(H,18,20). The molecule has 1 saturated carbocycles. The highest BCUT2D eigenvalue weighted by Crippen LogP contribution is 2.31. The Morgan fingerprint density at radius 3 is 2.95 bits per heavy atom. The van der Waals surface area contributed by atoms with E-state index >= 15 is 0 Å². The van der Waals surface area contributed by atoms with E-state index in [0.29, 0.717) is 18.0 Å². The highest BCUT2D eigenvalue weighted by atomic mass is 79.9. The van der Waals surface area contributed by atoms with Crippen molar-refractivity contribution in [3.8, 4) is 0 Å². The maximum absolute atomic E-state index is 13.4. The summed E-state index contributed by atoms with van der Waals surface area (Å²) in [6.45, 7) is 2.90. The van der Waals surface area contributed by atoms with E-state index < -0.39 is 5.82 Å². The largest absolute Gasteiger partial charge is 0.352 e. The summed E-state index contributed by atoms with van der Waals surface area (Å²) in [4.78, 5) is 14.6. The van der Waals surface area contributed by atoms with Crippen LogP contribution >= 0.6 is 15.9 Å². The molecule has 1 unspecified atom stereocenters. The second kappa shape index (κ2) is 5.82. The fraction of sp³-hybridized carbons (Fsp3) is 0.533. The third kappa shape index (κ3) is 3.04. The van der Waals surface area contributed by atoms with Gasteiger partial charge in [0.1, 0.15) is 5.82 Å². The van der Waals surface area contributed by atoms with Gasteiger partial charge in [-0.05, 0) is 59.8 Å². The third-order valence-electron chi connectivity index (χ3n) is 4.13. The average Bonchev–Trinajstić information content (AvgIpc) is 3.18. The molecule has 3 rings (SSSR count). The second-order valence-electron chi connectivity index (χ2n) is 5.69. The zero-order chi connectivity index (χ0) is 14.1. The molecule has 1 saturated heterocycles. The van der Waals surface area contributed by atoms with Gasteiger partial charge in [-0.2, -0.15) is 0 Å². The summed E-state index contributed by atoms with van der Waals surface area (Å²) in [5.74, 6) is -0.0912. The summed E-state index contributed by atoms with van der Waals surface area (Å²) in [7, 11) is 0. The fourth-order valence-corrected chi connectivity index (χ4v) is 3.26. The van der Waals surface area contributed by atoms with Crippen LogP contribution in [0.15, 0.2) is 22.7 Å². The summed E-state index contributed by atoms with van der Waals surface area (Å²) in [6.07, 6.45) is 3.80. The first-order valence-corrected chi connectivity index (χ1v) is 7.90. The topological polar surface area (TPSA) is 32.3 Å². The molecule has 108 valence electrons. The van der Waals surface area contributed by atoms with Crippen LogP contribution in [0.5, 0.6) is 0 Å². The van der Waals surface area contributed by atoms with Gasteiger partial charge in [0, 0.05) is 19.1 Å². The zero-order valence-corrected chi connectivity index (χ0v) is 12.8. The molecular weight excluding hydrogens is 323 g/mol. The van der Waals surface area contributed by atoms with Gasteiger partial charge in [0.2, 0.25) is 0 Å². The lowest BCUT2D eigenvalue weighted by Gasteiger charge is -2.15. The fourth-order valence-electron chi connectivity index (χ4n) is 2.81. The Hall–Kier alpha value is -0.940. The number of nitrogens with zero attached hydrogens (tertiary/aromatic N) is 1. The van der Waals surface area contributed by atoms with E-state index in [1.165, 1.54) is 18.9 Å². The number of rotatable bonds is 4. The zero-order valence-electron chi connectivity index (χ0n) is 11.2. The monoisotopic (exact) mass is 340 g/mol. The molecule has 1 atom stereocenters. The smallest absolute Gasteiger partial charge is 0.252 e. The first-order valence-electron chi connectivity index (χ1n) is 7.11. The molecule has 3 nitrogen and oxygen atoms in total. The van der Waals surface area contributed by atoms with Crippen LogP contribution in [-0.2, 0) is 0 Å². The Morgan fingerprint density at radius 1 is 1.40 bits per heavy atom. The molecule has 0 radical (unpaired) electrons. The van der Waals surface area contributed by atoms with Crippen LogP contribution < -0.4 is 5.32 Å². The highest BCUT2D eigenvalue weighted by Gasteiger charge is 2.34. The first-order chi connectivity index (χ1) is 9.65. The molecule has 2 fully saturated rings. The van der Waals surface area contributed by atoms with Gasteiger partial charge in [-0.1, -0.05) is 6.07 Å². The molecule has 1 aliphatic carbocycles. The predicted molar refractivity (Wildman–Crippen MR) is 79.1 cm³/mol. The number of hydrogen-bond acceptors (Lipinski definition) is 2. The Bertz CT molecular complexity index is 519. The summed E-state index contributed by atoms with van der Waals surface area (Å²) in [5.41, 5.74) is 0.363. The normalized spacial score (nSPS) is 23.0.